The lowest BCUT2D eigenvalue weighted by atomic mass is 9.43. The number of ketones is 1. The predicted molar refractivity (Wildman–Crippen MR) is 84.5 cm³/mol. The van der Waals surface area contributed by atoms with Crippen molar-refractivity contribution in [2.45, 2.75) is 83.1 Å². The van der Waals surface area contributed by atoms with Gasteiger partial charge in [-0.25, -0.2) is 4.39 Å². The normalized spacial score (nSPS) is 59.2. The summed E-state index contributed by atoms with van der Waals surface area (Å²) in [5, 5.41) is 21.2. The van der Waals surface area contributed by atoms with Gasteiger partial charge < -0.3 is 10.2 Å². The average molecular weight is 324 g/mol. The van der Waals surface area contributed by atoms with E-state index in [1.54, 1.807) is 0 Å². The van der Waals surface area contributed by atoms with Crippen LogP contribution in [-0.4, -0.2) is 33.9 Å². The van der Waals surface area contributed by atoms with Crippen LogP contribution in [0.1, 0.15) is 65.2 Å². The molecule has 4 aliphatic carbocycles. The van der Waals surface area contributed by atoms with Crippen LogP contribution in [0.2, 0.25) is 0 Å². The molecular weight excluding hydrogens is 295 g/mol. The molecule has 0 amide bonds. The number of Topliss-reactive ketones (excluding diaryl/α,β-unsaturated/α-hetero) is 1. The van der Waals surface area contributed by atoms with Gasteiger partial charge in [-0.15, -0.1) is 0 Å². The van der Waals surface area contributed by atoms with Gasteiger partial charge in [-0.05, 0) is 56.3 Å². The number of hydrogen-bond acceptors (Lipinski definition) is 3. The lowest BCUT2D eigenvalue weighted by Crippen LogP contribution is -2.67. The molecule has 3 nitrogen and oxygen atoms in total. The third-order valence-electron chi connectivity index (χ3n) is 8.49. The molecule has 0 bridgehead atoms. The van der Waals surface area contributed by atoms with Gasteiger partial charge in [-0.3, -0.25) is 4.79 Å². The fourth-order valence-electron chi connectivity index (χ4n) is 6.98. The fourth-order valence-corrected chi connectivity index (χ4v) is 6.98. The summed E-state index contributed by atoms with van der Waals surface area (Å²) in [5.74, 6) is 1.12. The lowest BCUT2D eigenvalue weighted by Gasteiger charge is -2.64. The standard InChI is InChI=1S/C19H29FO3/c1-17-7-6-14-12(13(17)3-4-16(17)22)9-15(20)19(23)10-11(21)5-8-18(14,19)2/h11-15,21,23H,3-10H2,1-2H3. The summed E-state index contributed by atoms with van der Waals surface area (Å²) in [6.45, 7) is 4.13. The number of aliphatic hydroxyl groups excluding tert-OH is 1. The number of rotatable bonds is 0. The van der Waals surface area contributed by atoms with Crippen molar-refractivity contribution in [3.05, 3.63) is 0 Å². The molecule has 2 N–H and O–H groups in total. The van der Waals surface area contributed by atoms with E-state index < -0.39 is 23.3 Å². The molecule has 0 saturated heterocycles. The van der Waals surface area contributed by atoms with Crippen LogP contribution in [0, 0.1) is 28.6 Å². The molecule has 4 saturated carbocycles. The Morgan fingerprint density at radius 2 is 1.87 bits per heavy atom. The van der Waals surface area contributed by atoms with E-state index in [-0.39, 0.29) is 29.6 Å². The first-order valence-electron chi connectivity index (χ1n) is 9.30. The number of aliphatic hydroxyl groups is 2. The van der Waals surface area contributed by atoms with Gasteiger partial charge in [0.05, 0.1) is 6.10 Å². The summed E-state index contributed by atoms with van der Waals surface area (Å²) in [6.07, 6.45) is 3.28. The van der Waals surface area contributed by atoms with Gasteiger partial charge in [0, 0.05) is 23.7 Å². The molecule has 23 heavy (non-hydrogen) atoms. The van der Waals surface area contributed by atoms with Gasteiger partial charge in [0.1, 0.15) is 17.6 Å². The minimum atomic E-state index is -1.40. The third kappa shape index (κ3) is 1.85. The molecule has 130 valence electrons. The zero-order valence-electron chi connectivity index (χ0n) is 14.2. The van der Waals surface area contributed by atoms with Gasteiger partial charge in [-0.1, -0.05) is 13.8 Å². The summed E-state index contributed by atoms with van der Waals surface area (Å²) < 4.78 is 15.1. The Kier molecular flexibility index (Phi) is 3.33. The smallest absolute Gasteiger partial charge is 0.139 e. The Balaban J connectivity index is 1.72. The zero-order valence-corrected chi connectivity index (χ0v) is 14.2. The molecule has 0 aromatic heterocycles. The van der Waals surface area contributed by atoms with Gasteiger partial charge in [-0.2, -0.15) is 0 Å². The van der Waals surface area contributed by atoms with Crippen LogP contribution in [0.15, 0.2) is 0 Å². The van der Waals surface area contributed by atoms with Crippen LogP contribution in [0.4, 0.5) is 4.39 Å². The highest BCUT2D eigenvalue weighted by atomic mass is 19.1. The van der Waals surface area contributed by atoms with E-state index in [2.05, 4.69) is 6.92 Å². The summed E-state index contributed by atoms with van der Waals surface area (Å²) in [6, 6.07) is 0. The zero-order chi connectivity index (χ0) is 16.6. The Hall–Kier alpha value is -0.480. The highest BCUT2D eigenvalue weighted by Gasteiger charge is 2.67. The number of fused-ring (bicyclic) bond motifs is 5. The van der Waals surface area contributed by atoms with Gasteiger partial charge >= 0.3 is 0 Å². The Morgan fingerprint density at radius 3 is 2.61 bits per heavy atom. The van der Waals surface area contributed by atoms with Crippen LogP contribution in [0.3, 0.4) is 0 Å². The molecule has 8 unspecified atom stereocenters. The van der Waals surface area contributed by atoms with Crippen molar-refractivity contribution in [3.8, 4) is 0 Å². The maximum Gasteiger partial charge on any atom is 0.139 e. The molecule has 0 aliphatic heterocycles. The number of alkyl halides is 1. The second-order valence-corrected chi connectivity index (χ2v) is 9.24. The van der Waals surface area contributed by atoms with E-state index >= 15 is 4.39 Å². The van der Waals surface area contributed by atoms with Crippen molar-refractivity contribution in [2.75, 3.05) is 0 Å². The van der Waals surface area contributed by atoms with Crippen LogP contribution in [0.5, 0.6) is 0 Å². The van der Waals surface area contributed by atoms with Gasteiger partial charge in [0.25, 0.3) is 0 Å². The largest absolute Gasteiger partial charge is 0.393 e. The monoisotopic (exact) mass is 324 g/mol. The number of hydrogen-bond donors (Lipinski definition) is 2. The molecule has 8 atom stereocenters. The number of halogens is 1. The van der Waals surface area contributed by atoms with Crippen LogP contribution in [-0.2, 0) is 4.79 Å². The van der Waals surface area contributed by atoms with E-state index in [9.17, 15) is 15.0 Å². The van der Waals surface area contributed by atoms with Crippen LogP contribution < -0.4 is 0 Å². The SMILES string of the molecule is CC12CCC3C(CC(F)C4(O)CC(O)CCC34C)C1CCC2=O. The first kappa shape index (κ1) is 16.0. The van der Waals surface area contributed by atoms with Crippen LogP contribution >= 0.6 is 0 Å². The van der Waals surface area contributed by atoms with Crippen molar-refractivity contribution in [3.63, 3.8) is 0 Å². The van der Waals surface area contributed by atoms with Gasteiger partial charge in [0.2, 0.25) is 0 Å². The van der Waals surface area contributed by atoms with E-state index in [1.165, 1.54) is 0 Å². The topological polar surface area (TPSA) is 57.5 Å². The fraction of sp³-hybridized carbons (Fsp3) is 0.947. The highest BCUT2D eigenvalue weighted by molar-refractivity contribution is 5.87. The Labute approximate surface area is 137 Å². The summed E-state index contributed by atoms with van der Waals surface area (Å²) in [7, 11) is 0. The minimum Gasteiger partial charge on any atom is -0.393 e. The van der Waals surface area contributed by atoms with Gasteiger partial charge in [0.15, 0.2) is 0 Å². The van der Waals surface area contributed by atoms with E-state index in [1.807, 2.05) is 6.92 Å². The first-order chi connectivity index (χ1) is 10.7. The Morgan fingerprint density at radius 1 is 1.13 bits per heavy atom. The third-order valence-corrected chi connectivity index (χ3v) is 8.49. The van der Waals surface area contributed by atoms with Crippen LogP contribution in [0.25, 0.3) is 0 Å². The molecule has 4 rings (SSSR count). The van der Waals surface area contributed by atoms with Crippen molar-refractivity contribution in [1.82, 2.24) is 0 Å². The second-order valence-electron chi connectivity index (χ2n) is 9.24. The summed E-state index contributed by atoms with van der Waals surface area (Å²) in [4.78, 5) is 12.4. The molecule has 0 radical (unpaired) electrons. The minimum absolute atomic E-state index is 0.161. The van der Waals surface area contributed by atoms with Crippen molar-refractivity contribution < 1.29 is 19.4 Å². The van der Waals surface area contributed by atoms with Crippen molar-refractivity contribution >= 4 is 5.78 Å². The quantitative estimate of drug-likeness (QED) is 0.720. The molecule has 0 heterocycles. The number of carbonyl (C=O) groups is 1. The van der Waals surface area contributed by atoms with E-state index in [0.717, 1.165) is 19.3 Å². The van der Waals surface area contributed by atoms with Crippen molar-refractivity contribution in [2.24, 2.45) is 28.6 Å². The number of carbonyl (C=O) groups excluding carboxylic acids is 1. The van der Waals surface area contributed by atoms with E-state index in [4.69, 9.17) is 0 Å². The Bertz CT molecular complexity index is 537. The molecule has 4 fully saturated rings. The molecule has 0 aromatic carbocycles. The van der Waals surface area contributed by atoms with Crippen molar-refractivity contribution in [1.29, 1.82) is 0 Å². The predicted octanol–water partition coefficient (Wildman–Crippen LogP) is 3.02. The molecule has 0 aromatic rings. The summed E-state index contributed by atoms with van der Waals surface area (Å²) >= 11 is 0. The molecular formula is C19H29FO3. The summed E-state index contributed by atoms with van der Waals surface area (Å²) in [5.41, 5.74) is -2.13. The molecule has 4 aliphatic rings. The average Bonchev–Trinajstić information content (AvgIpc) is 2.79. The molecule has 4 heteroatoms. The second kappa shape index (κ2) is 4.78. The maximum absolute atomic E-state index is 15.1. The maximum atomic E-state index is 15.1. The molecule has 0 spiro atoms. The lowest BCUT2D eigenvalue weighted by molar-refractivity contribution is -0.247. The first-order valence-corrected chi connectivity index (χ1v) is 9.30. The van der Waals surface area contributed by atoms with E-state index in [0.29, 0.717) is 31.5 Å². The highest BCUT2D eigenvalue weighted by Crippen LogP contribution is 2.66.